The van der Waals surface area contributed by atoms with Crippen LogP contribution in [0.3, 0.4) is 0 Å². The van der Waals surface area contributed by atoms with Crippen molar-refractivity contribution in [2.75, 3.05) is 19.8 Å². The van der Waals surface area contributed by atoms with Crippen molar-refractivity contribution >= 4 is 5.91 Å². The zero-order chi connectivity index (χ0) is 12.5. The number of carbonyl (C=O) groups is 1. The summed E-state index contributed by atoms with van der Waals surface area (Å²) in [6.45, 7) is 2.65. The first-order valence-electron chi connectivity index (χ1n) is 5.78. The molecule has 0 aliphatic rings. The molecule has 0 saturated heterocycles. The van der Waals surface area contributed by atoms with Gasteiger partial charge in [0.1, 0.15) is 6.61 Å². The number of rotatable bonds is 7. The van der Waals surface area contributed by atoms with Crippen LogP contribution in [0.15, 0.2) is 30.3 Å². The molecule has 4 heteroatoms. The Balaban J connectivity index is 2.21. The van der Waals surface area contributed by atoms with E-state index in [1.165, 1.54) is 0 Å². The summed E-state index contributed by atoms with van der Waals surface area (Å²) in [6, 6.07) is 9.68. The molecule has 0 radical (unpaired) electrons. The van der Waals surface area contributed by atoms with E-state index in [0.717, 1.165) is 5.56 Å². The molecule has 94 valence electrons. The van der Waals surface area contributed by atoms with E-state index < -0.39 is 6.10 Å². The third kappa shape index (κ3) is 6.04. The van der Waals surface area contributed by atoms with Crippen LogP contribution < -0.4 is 5.32 Å². The van der Waals surface area contributed by atoms with E-state index in [1.807, 2.05) is 37.3 Å². The predicted octanol–water partition coefficient (Wildman–Crippen LogP) is 0.743. The molecule has 0 saturated carbocycles. The Bertz CT molecular complexity index is 327. The van der Waals surface area contributed by atoms with Gasteiger partial charge in [-0.05, 0) is 12.5 Å². The van der Waals surface area contributed by atoms with Crippen LogP contribution in [-0.4, -0.2) is 36.9 Å². The lowest BCUT2D eigenvalue weighted by molar-refractivity contribution is -0.126. The highest BCUT2D eigenvalue weighted by molar-refractivity contribution is 5.77. The third-order valence-electron chi connectivity index (χ3n) is 2.29. The molecule has 4 nitrogen and oxygen atoms in total. The normalized spacial score (nSPS) is 12.1. The SMILES string of the molecule is CCOCC(=O)NC[C@@H](O)Cc1ccccc1. The summed E-state index contributed by atoms with van der Waals surface area (Å²) in [5.74, 6) is -0.195. The lowest BCUT2D eigenvalue weighted by atomic mass is 10.1. The lowest BCUT2D eigenvalue weighted by Crippen LogP contribution is -2.35. The first-order chi connectivity index (χ1) is 8.22. The summed E-state index contributed by atoms with van der Waals surface area (Å²) in [7, 11) is 0. The summed E-state index contributed by atoms with van der Waals surface area (Å²) in [5.41, 5.74) is 1.05. The number of benzene rings is 1. The third-order valence-corrected chi connectivity index (χ3v) is 2.29. The van der Waals surface area contributed by atoms with E-state index in [9.17, 15) is 9.90 Å². The zero-order valence-corrected chi connectivity index (χ0v) is 10.1. The molecule has 1 aromatic rings. The number of aliphatic hydroxyl groups is 1. The smallest absolute Gasteiger partial charge is 0.246 e. The van der Waals surface area contributed by atoms with Crippen molar-refractivity contribution in [3.05, 3.63) is 35.9 Å². The minimum absolute atomic E-state index is 0.0502. The molecule has 1 aromatic carbocycles. The standard InChI is InChI=1S/C13H19NO3/c1-2-17-10-13(16)14-9-12(15)8-11-6-4-3-5-7-11/h3-7,12,15H,2,8-10H2,1H3,(H,14,16)/t12-/m0/s1. The number of hydrogen-bond acceptors (Lipinski definition) is 3. The minimum Gasteiger partial charge on any atom is -0.391 e. The van der Waals surface area contributed by atoms with E-state index in [0.29, 0.717) is 13.0 Å². The van der Waals surface area contributed by atoms with E-state index >= 15 is 0 Å². The fourth-order valence-electron chi connectivity index (χ4n) is 1.44. The summed E-state index contributed by atoms with van der Waals surface area (Å²) in [6.07, 6.45) is -0.0292. The van der Waals surface area contributed by atoms with Gasteiger partial charge in [0.25, 0.3) is 0 Å². The van der Waals surface area contributed by atoms with Crippen molar-refractivity contribution in [1.82, 2.24) is 5.32 Å². The van der Waals surface area contributed by atoms with E-state index in [1.54, 1.807) is 0 Å². The first kappa shape index (κ1) is 13.7. The molecule has 0 bridgehead atoms. The van der Waals surface area contributed by atoms with Gasteiger partial charge in [0.2, 0.25) is 5.91 Å². The molecule has 0 aromatic heterocycles. The summed E-state index contributed by atoms with van der Waals surface area (Å²) < 4.78 is 4.95. The van der Waals surface area contributed by atoms with Crippen molar-refractivity contribution < 1.29 is 14.6 Å². The fourth-order valence-corrected chi connectivity index (χ4v) is 1.44. The van der Waals surface area contributed by atoms with Gasteiger partial charge in [-0.25, -0.2) is 0 Å². The number of aliphatic hydroxyl groups excluding tert-OH is 1. The Hall–Kier alpha value is -1.39. The quantitative estimate of drug-likeness (QED) is 0.735. The molecule has 0 aliphatic heterocycles. The van der Waals surface area contributed by atoms with Crippen LogP contribution in [-0.2, 0) is 16.0 Å². The molecule has 0 spiro atoms. The highest BCUT2D eigenvalue weighted by Gasteiger charge is 2.07. The van der Waals surface area contributed by atoms with E-state index in [-0.39, 0.29) is 19.1 Å². The predicted molar refractivity (Wildman–Crippen MR) is 65.7 cm³/mol. The molecular weight excluding hydrogens is 218 g/mol. The Morgan fingerprint density at radius 1 is 1.41 bits per heavy atom. The van der Waals surface area contributed by atoms with Crippen LogP contribution in [0.4, 0.5) is 0 Å². The monoisotopic (exact) mass is 237 g/mol. The second-order valence-corrected chi connectivity index (χ2v) is 3.78. The molecule has 1 amide bonds. The molecular formula is C13H19NO3. The lowest BCUT2D eigenvalue weighted by Gasteiger charge is -2.11. The molecule has 17 heavy (non-hydrogen) atoms. The molecule has 1 atom stereocenters. The Kier molecular flexibility index (Phi) is 6.29. The largest absolute Gasteiger partial charge is 0.391 e. The van der Waals surface area contributed by atoms with Crippen LogP contribution in [0.5, 0.6) is 0 Å². The van der Waals surface area contributed by atoms with Crippen LogP contribution in [0.1, 0.15) is 12.5 Å². The molecule has 0 aliphatic carbocycles. The van der Waals surface area contributed by atoms with Gasteiger partial charge >= 0.3 is 0 Å². The molecule has 2 N–H and O–H groups in total. The fraction of sp³-hybridized carbons (Fsp3) is 0.462. The van der Waals surface area contributed by atoms with Gasteiger partial charge in [-0.1, -0.05) is 30.3 Å². The molecule has 0 unspecified atom stereocenters. The zero-order valence-electron chi connectivity index (χ0n) is 10.1. The van der Waals surface area contributed by atoms with Gasteiger partial charge < -0.3 is 15.2 Å². The van der Waals surface area contributed by atoms with Crippen molar-refractivity contribution in [2.24, 2.45) is 0 Å². The number of nitrogens with one attached hydrogen (secondary N) is 1. The average molecular weight is 237 g/mol. The Labute approximate surface area is 102 Å². The van der Waals surface area contributed by atoms with Gasteiger partial charge in [0.15, 0.2) is 0 Å². The van der Waals surface area contributed by atoms with Gasteiger partial charge in [-0.3, -0.25) is 4.79 Å². The number of hydrogen-bond donors (Lipinski definition) is 2. The highest BCUT2D eigenvalue weighted by Crippen LogP contribution is 2.02. The molecule has 0 heterocycles. The minimum atomic E-state index is -0.567. The maximum Gasteiger partial charge on any atom is 0.246 e. The maximum absolute atomic E-state index is 11.2. The van der Waals surface area contributed by atoms with Gasteiger partial charge in [0.05, 0.1) is 6.10 Å². The van der Waals surface area contributed by atoms with Crippen LogP contribution in [0, 0.1) is 0 Å². The van der Waals surface area contributed by atoms with Crippen molar-refractivity contribution in [2.45, 2.75) is 19.4 Å². The van der Waals surface area contributed by atoms with E-state index in [4.69, 9.17) is 4.74 Å². The Morgan fingerprint density at radius 3 is 2.76 bits per heavy atom. The summed E-state index contributed by atoms with van der Waals surface area (Å²) >= 11 is 0. The van der Waals surface area contributed by atoms with Gasteiger partial charge in [-0.2, -0.15) is 0 Å². The number of ether oxygens (including phenoxy) is 1. The van der Waals surface area contributed by atoms with Gasteiger partial charge in [-0.15, -0.1) is 0 Å². The van der Waals surface area contributed by atoms with Crippen molar-refractivity contribution in [3.63, 3.8) is 0 Å². The van der Waals surface area contributed by atoms with Gasteiger partial charge in [0, 0.05) is 19.6 Å². The average Bonchev–Trinajstić information content (AvgIpc) is 2.35. The van der Waals surface area contributed by atoms with Crippen molar-refractivity contribution in [3.8, 4) is 0 Å². The Morgan fingerprint density at radius 2 is 2.12 bits per heavy atom. The van der Waals surface area contributed by atoms with Crippen LogP contribution in [0.2, 0.25) is 0 Å². The highest BCUT2D eigenvalue weighted by atomic mass is 16.5. The molecule has 1 rings (SSSR count). The molecule has 0 fully saturated rings. The summed E-state index contributed by atoms with van der Waals surface area (Å²) in [5, 5.41) is 12.3. The number of amides is 1. The number of carbonyl (C=O) groups excluding carboxylic acids is 1. The second kappa shape index (κ2) is 7.81. The van der Waals surface area contributed by atoms with Crippen molar-refractivity contribution in [1.29, 1.82) is 0 Å². The van der Waals surface area contributed by atoms with E-state index in [2.05, 4.69) is 5.32 Å². The van der Waals surface area contributed by atoms with Crippen LogP contribution in [0.25, 0.3) is 0 Å². The maximum atomic E-state index is 11.2. The first-order valence-corrected chi connectivity index (χ1v) is 5.78. The second-order valence-electron chi connectivity index (χ2n) is 3.78. The van der Waals surface area contributed by atoms with Crippen LogP contribution >= 0.6 is 0 Å². The summed E-state index contributed by atoms with van der Waals surface area (Å²) in [4.78, 5) is 11.2. The topological polar surface area (TPSA) is 58.6 Å².